The first-order chi connectivity index (χ1) is 7.42. The van der Waals surface area contributed by atoms with E-state index in [1.54, 1.807) is 0 Å². The summed E-state index contributed by atoms with van der Waals surface area (Å²) < 4.78 is 0. The van der Waals surface area contributed by atoms with Crippen LogP contribution in [0.2, 0.25) is 0 Å². The highest BCUT2D eigenvalue weighted by atomic mass is 16.3. The Bertz CT molecular complexity index is 156. The first kappa shape index (κ1) is 11.4. The van der Waals surface area contributed by atoms with Gasteiger partial charge in [0.15, 0.2) is 0 Å². The topological polar surface area (TPSA) is 35.5 Å². The molecule has 1 saturated heterocycles. The van der Waals surface area contributed by atoms with E-state index in [4.69, 9.17) is 0 Å². The number of hydrogen-bond donors (Lipinski definition) is 2. The van der Waals surface area contributed by atoms with Crippen molar-refractivity contribution in [2.24, 2.45) is 5.92 Å². The van der Waals surface area contributed by atoms with Gasteiger partial charge < -0.3 is 10.4 Å². The third kappa shape index (κ3) is 2.92. The van der Waals surface area contributed by atoms with Crippen molar-refractivity contribution in [3.8, 4) is 0 Å². The predicted octanol–water partition coefficient (Wildman–Crippen LogP) is 0.833. The lowest BCUT2D eigenvalue weighted by Gasteiger charge is -2.39. The van der Waals surface area contributed by atoms with E-state index in [9.17, 15) is 5.11 Å². The molecular weight excluding hydrogens is 188 g/mol. The number of aliphatic hydroxyl groups excluding tert-OH is 1. The van der Waals surface area contributed by atoms with Crippen LogP contribution in [-0.2, 0) is 0 Å². The van der Waals surface area contributed by atoms with Crippen LogP contribution in [0.4, 0.5) is 0 Å². The van der Waals surface area contributed by atoms with E-state index < -0.39 is 0 Å². The van der Waals surface area contributed by atoms with E-state index in [1.807, 2.05) is 0 Å². The minimum atomic E-state index is 0.352. The van der Waals surface area contributed by atoms with Gasteiger partial charge >= 0.3 is 0 Å². The maximum atomic E-state index is 9.57. The Balaban J connectivity index is 1.88. The molecule has 3 nitrogen and oxygen atoms in total. The van der Waals surface area contributed by atoms with Gasteiger partial charge in [0.05, 0.1) is 6.61 Å². The lowest BCUT2D eigenvalue weighted by atomic mass is 9.83. The van der Waals surface area contributed by atoms with Gasteiger partial charge in [0.2, 0.25) is 0 Å². The maximum absolute atomic E-state index is 9.57. The summed E-state index contributed by atoms with van der Waals surface area (Å²) >= 11 is 0. The van der Waals surface area contributed by atoms with E-state index in [0.717, 1.165) is 32.1 Å². The SMILES string of the molecule is OCC(C1CCCCC1)N1CCNCC1. The number of aliphatic hydroxyl groups is 1. The van der Waals surface area contributed by atoms with Gasteiger partial charge in [-0.05, 0) is 18.8 Å². The summed E-state index contributed by atoms with van der Waals surface area (Å²) in [6.45, 7) is 4.75. The summed E-state index contributed by atoms with van der Waals surface area (Å²) in [7, 11) is 0. The average molecular weight is 212 g/mol. The van der Waals surface area contributed by atoms with Gasteiger partial charge in [-0.15, -0.1) is 0 Å². The van der Waals surface area contributed by atoms with Crippen LogP contribution in [0.1, 0.15) is 32.1 Å². The number of piperazine rings is 1. The summed E-state index contributed by atoms with van der Waals surface area (Å²) in [6, 6.07) is 0.437. The third-order valence-corrected chi connectivity index (χ3v) is 4.00. The highest BCUT2D eigenvalue weighted by Gasteiger charge is 2.28. The van der Waals surface area contributed by atoms with Crippen LogP contribution in [0.15, 0.2) is 0 Å². The summed E-state index contributed by atoms with van der Waals surface area (Å²) in [5.74, 6) is 0.752. The molecule has 1 aliphatic carbocycles. The lowest BCUT2D eigenvalue weighted by molar-refractivity contribution is 0.0560. The fraction of sp³-hybridized carbons (Fsp3) is 1.00. The standard InChI is InChI=1S/C12H24N2O/c15-10-12(11-4-2-1-3-5-11)14-8-6-13-7-9-14/h11-13,15H,1-10H2. The van der Waals surface area contributed by atoms with Crippen molar-refractivity contribution in [2.45, 2.75) is 38.1 Å². The lowest BCUT2D eigenvalue weighted by Crippen LogP contribution is -2.52. The molecule has 0 spiro atoms. The van der Waals surface area contributed by atoms with Gasteiger partial charge in [-0.1, -0.05) is 19.3 Å². The summed E-state index contributed by atoms with van der Waals surface area (Å²) in [6.07, 6.45) is 6.79. The van der Waals surface area contributed by atoms with E-state index in [2.05, 4.69) is 10.2 Å². The van der Waals surface area contributed by atoms with Crippen molar-refractivity contribution < 1.29 is 5.11 Å². The highest BCUT2D eigenvalue weighted by molar-refractivity contribution is 4.83. The maximum Gasteiger partial charge on any atom is 0.0589 e. The molecule has 15 heavy (non-hydrogen) atoms. The quantitative estimate of drug-likeness (QED) is 0.727. The minimum Gasteiger partial charge on any atom is -0.395 e. The Morgan fingerprint density at radius 2 is 1.80 bits per heavy atom. The largest absolute Gasteiger partial charge is 0.395 e. The number of nitrogens with zero attached hydrogens (tertiary/aromatic N) is 1. The molecule has 3 heteroatoms. The van der Waals surface area contributed by atoms with Crippen LogP contribution >= 0.6 is 0 Å². The van der Waals surface area contributed by atoms with Crippen LogP contribution in [-0.4, -0.2) is 48.8 Å². The molecule has 0 radical (unpaired) electrons. The fourth-order valence-electron chi connectivity index (χ4n) is 3.10. The van der Waals surface area contributed by atoms with Crippen molar-refractivity contribution in [1.29, 1.82) is 0 Å². The molecule has 1 atom stereocenters. The molecule has 88 valence electrons. The molecule has 0 aromatic heterocycles. The van der Waals surface area contributed by atoms with Crippen LogP contribution < -0.4 is 5.32 Å². The first-order valence-corrected chi connectivity index (χ1v) is 6.47. The molecule has 0 amide bonds. The Hall–Kier alpha value is -0.120. The molecule has 1 unspecified atom stereocenters. The van der Waals surface area contributed by atoms with Crippen LogP contribution in [0.3, 0.4) is 0 Å². The summed E-state index contributed by atoms with van der Waals surface area (Å²) in [5, 5.41) is 12.9. The Morgan fingerprint density at radius 3 is 2.40 bits per heavy atom. The second-order valence-corrected chi connectivity index (χ2v) is 4.93. The molecule has 2 aliphatic rings. The molecule has 0 aromatic carbocycles. The van der Waals surface area contributed by atoms with Gasteiger partial charge in [-0.2, -0.15) is 0 Å². The van der Waals surface area contributed by atoms with Gasteiger partial charge in [-0.25, -0.2) is 0 Å². The predicted molar refractivity (Wildman–Crippen MR) is 61.9 cm³/mol. The van der Waals surface area contributed by atoms with Gasteiger partial charge in [-0.3, -0.25) is 4.90 Å². The van der Waals surface area contributed by atoms with Crippen molar-refractivity contribution in [1.82, 2.24) is 10.2 Å². The normalized spacial score (nSPS) is 27.8. The van der Waals surface area contributed by atoms with Gasteiger partial charge in [0.25, 0.3) is 0 Å². The zero-order chi connectivity index (χ0) is 10.5. The second kappa shape index (κ2) is 5.83. The van der Waals surface area contributed by atoms with Crippen LogP contribution in [0.5, 0.6) is 0 Å². The molecule has 0 aromatic rings. The summed E-state index contributed by atoms with van der Waals surface area (Å²) in [4.78, 5) is 2.49. The molecule has 1 heterocycles. The zero-order valence-corrected chi connectivity index (χ0v) is 9.62. The van der Waals surface area contributed by atoms with E-state index in [0.29, 0.717) is 12.6 Å². The smallest absolute Gasteiger partial charge is 0.0589 e. The minimum absolute atomic E-state index is 0.352. The average Bonchev–Trinajstić information content (AvgIpc) is 2.33. The number of hydrogen-bond acceptors (Lipinski definition) is 3. The molecule has 1 saturated carbocycles. The van der Waals surface area contributed by atoms with E-state index in [-0.39, 0.29) is 0 Å². The van der Waals surface area contributed by atoms with E-state index in [1.165, 1.54) is 32.1 Å². The van der Waals surface area contributed by atoms with Crippen molar-refractivity contribution in [3.05, 3.63) is 0 Å². The van der Waals surface area contributed by atoms with Crippen LogP contribution in [0, 0.1) is 5.92 Å². The molecule has 2 rings (SSSR count). The van der Waals surface area contributed by atoms with Crippen LogP contribution in [0.25, 0.3) is 0 Å². The molecule has 1 aliphatic heterocycles. The number of rotatable bonds is 3. The van der Waals surface area contributed by atoms with Crippen molar-refractivity contribution in [2.75, 3.05) is 32.8 Å². The fourth-order valence-corrected chi connectivity index (χ4v) is 3.10. The van der Waals surface area contributed by atoms with E-state index >= 15 is 0 Å². The van der Waals surface area contributed by atoms with Gasteiger partial charge in [0, 0.05) is 32.2 Å². The van der Waals surface area contributed by atoms with Crippen molar-refractivity contribution in [3.63, 3.8) is 0 Å². The second-order valence-electron chi connectivity index (χ2n) is 4.93. The zero-order valence-electron chi connectivity index (χ0n) is 9.62. The Morgan fingerprint density at radius 1 is 1.13 bits per heavy atom. The molecular formula is C12H24N2O. The first-order valence-electron chi connectivity index (χ1n) is 6.47. The molecule has 0 bridgehead atoms. The Kier molecular flexibility index (Phi) is 4.42. The monoisotopic (exact) mass is 212 g/mol. The molecule has 2 N–H and O–H groups in total. The third-order valence-electron chi connectivity index (χ3n) is 4.00. The van der Waals surface area contributed by atoms with Gasteiger partial charge in [0.1, 0.15) is 0 Å². The highest BCUT2D eigenvalue weighted by Crippen LogP contribution is 2.28. The van der Waals surface area contributed by atoms with Crippen molar-refractivity contribution >= 4 is 0 Å². The molecule has 2 fully saturated rings. The summed E-state index contributed by atoms with van der Waals surface area (Å²) in [5.41, 5.74) is 0. The Labute approximate surface area is 92.8 Å². The number of nitrogens with one attached hydrogen (secondary N) is 1.